The maximum atomic E-state index is 11.4. The van der Waals surface area contributed by atoms with Crippen LogP contribution in [0.3, 0.4) is 0 Å². The van der Waals surface area contributed by atoms with Crippen molar-refractivity contribution < 1.29 is 14.6 Å². The van der Waals surface area contributed by atoms with Crippen LogP contribution in [0.15, 0.2) is 48.5 Å². The van der Waals surface area contributed by atoms with Gasteiger partial charge >= 0.3 is 0 Å². The van der Waals surface area contributed by atoms with E-state index in [1.165, 1.54) is 12.1 Å². The standard InChI is InChI=1S/C17H18N4O5/c18-17(22)9-11-19(10-8-13-4-2-1-3-5-13)15-7-6-14(20(23)24)12-16(15)21(25)26/h1-7,12H,8-11H2,(H2,18,22). The summed E-state index contributed by atoms with van der Waals surface area (Å²) in [5, 5.41) is 22.3. The van der Waals surface area contributed by atoms with E-state index in [2.05, 4.69) is 0 Å². The van der Waals surface area contributed by atoms with Gasteiger partial charge in [-0.1, -0.05) is 30.3 Å². The molecule has 0 spiro atoms. The molecule has 2 aromatic carbocycles. The predicted molar refractivity (Wildman–Crippen MR) is 95.9 cm³/mol. The summed E-state index contributed by atoms with van der Waals surface area (Å²) in [6, 6.07) is 13.0. The number of non-ortho nitro benzene ring substituents is 1. The molecule has 1 amide bonds. The van der Waals surface area contributed by atoms with Gasteiger partial charge in [-0.05, 0) is 18.1 Å². The monoisotopic (exact) mass is 358 g/mol. The molecular weight excluding hydrogens is 340 g/mol. The molecule has 0 radical (unpaired) electrons. The van der Waals surface area contributed by atoms with E-state index in [-0.39, 0.29) is 30.0 Å². The van der Waals surface area contributed by atoms with E-state index in [4.69, 9.17) is 5.73 Å². The first-order chi connectivity index (χ1) is 12.4. The number of benzene rings is 2. The molecule has 9 nitrogen and oxygen atoms in total. The highest BCUT2D eigenvalue weighted by Crippen LogP contribution is 2.32. The van der Waals surface area contributed by atoms with Gasteiger partial charge in [0.1, 0.15) is 5.69 Å². The number of amides is 1. The zero-order valence-corrected chi connectivity index (χ0v) is 13.9. The summed E-state index contributed by atoms with van der Waals surface area (Å²) in [4.78, 5) is 33.7. The zero-order valence-electron chi connectivity index (χ0n) is 13.9. The van der Waals surface area contributed by atoms with E-state index >= 15 is 0 Å². The summed E-state index contributed by atoms with van der Waals surface area (Å²) >= 11 is 0. The van der Waals surface area contributed by atoms with Crippen LogP contribution in [0, 0.1) is 20.2 Å². The lowest BCUT2D eigenvalue weighted by Crippen LogP contribution is -2.30. The maximum absolute atomic E-state index is 11.4. The van der Waals surface area contributed by atoms with Gasteiger partial charge in [-0.2, -0.15) is 0 Å². The fourth-order valence-electron chi connectivity index (χ4n) is 2.55. The summed E-state index contributed by atoms with van der Waals surface area (Å²) in [5.74, 6) is -0.528. The molecule has 2 rings (SSSR count). The highest BCUT2D eigenvalue weighted by atomic mass is 16.6. The average molecular weight is 358 g/mol. The minimum Gasteiger partial charge on any atom is -0.370 e. The number of hydrogen-bond acceptors (Lipinski definition) is 6. The Morgan fingerprint density at radius 2 is 1.69 bits per heavy atom. The molecule has 2 aromatic rings. The van der Waals surface area contributed by atoms with Crippen molar-refractivity contribution >= 4 is 23.0 Å². The minimum absolute atomic E-state index is 0.0168. The van der Waals surface area contributed by atoms with Crippen LogP contribution in [-0.2, 0) is 11.2 Å². The maximum Gasteiger partial charge on any atom is 0.299 e. The van der Waals surface area contributed by atoms with E-state index < -0.39 is 15.8 Å². The summed E-state index contributed by atoms with van der Waals surface area (Å²) in [7, 11) is 0. The second kappa shape index (κ2) is 8.56. The molecule has 0 saturated carbocycles. The lowest BCUT2D eigenvalue weighted by molar-refractivity contribution is -0.393. The first kappa shape index (κ1) is 18.8. The molecule has 0 fully saturated rings. The van der Waals surface area contributed by atoms with Gasteiger partial charge in [0.15, 0.2) is 0 Å². The average Bonchev–Trinajstić information content (AvgIpc) is 2.62. The third-order valence-corrected chi connectivity index (χ3v) is 3.85. The molecule has 2 N–H and O–H groups in total. The van der Waals surface area contributed by atoms with Crippen LogP contribution in [-0.4, -0.2) is 28.8 Å². The topological polar surface area (TPSA) is 133 Å². The Bertz CT molecular complexity index is 810. The molecule has 26 heavy (non-hydrogen) atoms. The lowest BCUT2D eigenvalue weighted by atomic mass is 10.1. The van der Waals surface area contributed by atoms with Crippen molar-refractivity contribution in [1.29, 1.82) is 0 Å². The number of nitrogens with two attached hydrogens (primary N) is 1. The lowest BCUT2D eigenvalue weighted by Gasteiger charge is -2.24. The van der Waals surface area contributed by atoms with Gasteiger partial charge in [-0.3, -0.25) is 25.0 Å². The number of rotatable bonds is 9. The molecule has 0 saturated heterocycles. The normalized spacial score (nSPS) is 10.3. The zero-order chi connectivity index (χ0) is 19.1. The Labute approximate surface area is 149 Å². The Balaban J connectivity index is 2.32. The summed E-state index contributed by atoms with van der Waals surface area (Å²) in [6.07, 6.45) is 0.608. The first-order valence-electron chi connectivity index (χ1n) is 7.88. The Kier molecular flexibility index (Phi) is 6.20. The van der Waals surface area contributed by atoms with E-state index in [1.807, 2.05) is 30.3 Å². The molecule has 9 heteroatoms. The van der Waals surface area contributed by atoms with Crippen LogP contribution in [0.2, 0.25) is 0 Å². The van der Waals surface area contributed by atoms with Crippen LogP contribution in [0.4, 0.5) is 17.1 Å². The fraction of sp³-hybridized carbons (Fsp3) is 0.235. The Morgan fingerprint density at radius 1 is 1.00 bits per heavy atom. The fourth-order valence-corrected chi connectivity index (χ4v) is 2.55. The number of primary amides is 1. The van der Waals surface area contributed by atoms with Gasteiger partial charge in [-0.25, -0.2) is 0 Å². The second-order valence-electron chi connectivity index (χ2n) is 5.63. The Morgan fingerprint density at radius 3 is 2.27 bits per heavy atom. The molecule has 0 bridgehead atoms. The van der Waals surface area contributed by atoms with Crippen molar-refractivity contribution in [3.8, 4) is 0 Å². The Hall–Kier alpha value is -3.49. The molecular formula is C17H18N4O5. The highest BCUT2D eigenvalue weighted by molar-refractivity contribution is 5.75. The van der Waals surface area contributed by atoms with Gasteiger partial charge in [0.25, 0.3) is 11.4 Å². The first-order valence-corrected chi connectivity index (χ1v) is 7.88. The molecule has 0 unspecified atom stereocenters. The van der Waals surface area contributed by atoms with E-state index in [1.54, 1.807) is 4.90 Å². The van der Waals surface area contributed by atoms with Crippen LogP contribution in [0.5, 0.6) is 0 Å². The van der Waals surface area contributed by atoms with Crippen LogP contribution >= 0.6 is 0 Å². The number of carbonyl (C=O) groups is 1. The van der Waals surface area contributed by atoms with Crippen molar-refractivity contribution in [1.82, 2.24) is 0 Å². The van der Waals surface area contributed by atoms with E-state index in [0.717, 1.165) is 11.6 Å². The largest absolute Gasteiger partial charge is 0.370 e. The van der Waals surface area contributed by atoms with Crippen molar-refractivity contribution in [3.05, 3.63) is 74.3 Å². The molecule has 0 aliphatic carbocycles. The van der Waals surface area contributed by atoms with Gasteiger partial charge in [-0.15, -0.1) is 0 Å². The van der Waals surface area contributed by atoms with Crippen LogP contribution < -0.4 is 10.6 Å². The molecule has 136 valence electrons. The van der Waals surface area contributed by atoms with E-state index in [0.29, 0.717) is 13.0 Å². The SMILES string of the molecule is NC(=O)CCN(CCc1ccccc1)c1ccc([N+](=O)[O-])cc1[N+](=O)[O-]. The third-order valence-electron chi connectivity index (χ3n) is 3.85. The molecule has 0 heterocycles. The van der Waals surface area contributed by atoms with Crippen LogP contribution in [0.25, 0.3) is 0 Å². The van der Waals surface area contributed by atoms with Crippen molar-refractivity contribution in [3.63, 3.8) is 0 Å². The van der Waals surface area contributed by atoms with Gasteiger partial charge < -0.3 is 10.6 Å². The number of nitro benzene ring substituents is 2. The quantitative estimate of drug-likeness (QED) is 0.540. The van der Waals surface area contributed by atoms with Crippen molar-refractivity contribution in [2.24, 2.45) is 5.73 Å². The smallest absolute Gasteiger partial charge is 0.299 e. The van der Waals surface area contributed by atoms with Gasteiger partial charge in [0, 0.05) is 25.6 Å². The van der Waals surface area contributed by atoms with Gasteiger partial charge in [0.2, 0.25) is 5.91 Å². The predicted octanol–water partition coefficient (Wildman–Crippen LogP) is 2.43. The molecule has 0 aliphatic heterocycles. The summed E-state index contributed by atoms with van der Waals surface area (Å²) in [6.45, 7) is 0.580. The summed E-state index contributed by atoms with van der Waals surface area (Å²) < 4.78 is 0. The molecule has 0 aliphatic rings. The number of nitrogens with zero attached hydrogens (tertiary/aromatic N) is 3. The van der Waals surface area contributed by atoms with E-state index in [9.17, 15) is 25.0 Å². The van der Waals surface area contributed by atoms with Crippen molar-refractivity contribution in [2.75, 3.05) is 18.0 Å². The van der Waals surface area contributed by atoms with Crippen LogP contribution in [0.1, 0.15) is 12.0 Å². The second-order valence-corrected chi connectivity index (χ2v) is 5.63. The number of carbonyl (C=O) groups excluding carboxylic acids is 1. The number of nitro groups is 2. The number of hydrogen-bond donors (Lipinski definition) is 1. The number of anilines is 1. The molecule has 0 atom stereocenters. The highest BCUT2D eigenvalue weighted by Gasteiger charge is 2.23. The summed E-state index contributed by atoms with van der Waals surface area (Å²) in [5.41, 5.74) is 5.71. The molecule has 0 aromatic heterocycles. The third kappa shape index (κ3) is 5.00. The minimum atomic E-state index is -0.686. The van der Waals surface area contributed by atoms with Gasteiger partial charge in [0.05, 0.1) is 15.9 Å². The van der Waals surface area contributed by atoms with Crippen molar-refractivity contribution in [2.45, 2.75) is 12.8 Å².